The van der Waals surface area contributed by atoms with Gasteiger partial charge in [-0.25, -0.2) is 0 Å². The molecule has 0 saturated heterocycles. The molecule has 3 unspecified atom stereocenters. The van der Waals surface area contributed by atoms with Crippen LogP contribution in [0.25, 0.3) is 0 Å². The van der Waals surface area contributed by atoms with Gasteiger partial charge >= 0.3 is 5.97 Å². The molecule has 0 aliphatic rings. The summed E-state index contributed by atoms with van der Waals surface area (Å²) in [6.45, 7) is 6.86. The van der Waals surface area contributed by atoms with Crippen LogP contribution in [-0.2, 0) is 27.9 Å². The van der Waals surface area contributed by atoms with Crippen LogP contribution in [0.2, 0.25) is 0 Å². The van der Waals surface area contributed by atoms with Crippen LogP contribution >= 0.6 is 7.82 Å². The molecule has 0 aromatic rings. The Kier molecular flexibility index (Phi) is 50.8. The zero-order valence-electron chi connectivity index (χ0n) is 48.0. The summed E-state index contributed by atoms with van der Waals surface area (Å²) in [5, 5.41) is 3.02. The van der Waals surface area contributed by atoms with Crippen molar-refractivity contribution in [3.63, 3.8) is 0 Å². The molecule has 0 radical (unpaired) electrons. The third-order valence-electron chi connectivity index (χ3n) is 13.9. The first-order chi connectivity index (χ1) is 34.4. The van der Waals surface area contributed by atoms with Crippen LogP contribution in [0.15, 0.2) is 24.3 Å². The average Bonchev–Trinajstić information content (AvgIpc) is 3.33. The van der Waals surface area contributed by atoms with Gasteiger partial charge < -0.3 is 28.5 Å². The van der Waals surface area contributed by atoms with Crippen molar-refractivity contribution in [2.75, 3.05) is 40.9 Å². The zero-order valence-corrected chi connectivity index (χ0v) is 48.8. The topological polar surface area (TPSA) is 114 Å². The molecular weight excluding hydrogens is 904 g/mol. The summed E-state index contributed by atoms with van der Waals surface area (Å²) in [6.07, 6.45) is 60.0. The SMILES string of the molecule is CCCCCCCCC/C=C\CCCCCC(=O)NC(COP(=O)([O-])OCC[N+](C)(C)C)C(/C=C/CCCCCCCCCCCC)OC(=O)CCCCCCCCCCCCCCCCCCCCC. The number of rotatable bonds is 56. The number of unbranched alkanes of at least 4 members (excludes halogenated alkanes) is 38. The molecule has 0 aliphatic heterocycles. The highest BCUT2D eigenvalue weighted by molar-refractivity contribution is 7.45. The predicted octanol–water partition coefficient (Wildman–Crippen LogP) is 17.9. The van der Waals surface area contributed by atoms with Crippen LogP contribution in [0.4, 0.5) is 0 Å². The summed E-state index contributed by atoms with van der Waals surface area (Å²) < 4.78 is 30.3. The third kappa shape index (κ3) is 53.1. The van der Waals surface area contributed by atoms with E-state index in [1.54, 1.807) is 0 Å². The second-order valence-electron chi connectivity index (χ2n) is 22.2. The molecule has 10 heteroatoms. The monoisotopic (exact) mass is 1020 g/mol. The minimum Gasteiger partial charge on any atom is -0.756 e. The molecular formula is C61H119N2O7P. The number of carbonyl (C=O) groups excluding carboxylic acids is 2. The maximum atomic E-state index is 13.5. The van der Waals surface area contributed by atoms with Gasteiger partial charge in [0.25, 0.3) is 7.82 Å². The van der Waals surface area contributed by atoms with Crippen molar-refractivity contribution in [1.29, 1.82) is 0 Å². The van der Waals surface area contributed by atoms with E-state index in [0.29, 0.717) is 17.4 Å². The van der Waals surface area contributed by atoms with Crippen molar-refractivity contribution in [1.82, 2.24) is 5.32 Å². The number of allylic oxidation sites excluding steroid dienone is 3. The Morgan fingerprint density at radius 3 is 1.21 bits per heavy atom. The first-order valence-electron chi connectivity index (χ1n) is 30.6. The Bertz CT molecular complexity index is 1270. The molecule has 3 atom stereocenters. The number of likely N-dealkylation sites (N-methyl/N-ethyl adjacent to an activating group) is 1. The summed E-state index contributed by atoms with van der Waals surface area (Å²) in [5.74, 6) is -0.544. The van der Waals surface area contributed by atoms with Gasteiger partial charge in [-0.2, -0.15) is 0 Å². The molecule has 0 heterocycles. The number of phosphoric ester groups is 1. The average molecular weight is 1020 g/mol. The summed E-state index contributed by atoms with van der Waals surface area (Å²) in [5.41, 5.74) is 0. The van der Waals surface area contributed by atoms with Gasteiger partial charge in [0.1, 0.15) is 19.3 Å². The van der Waals surface area contributed by atoms with Crippen LogP contribution < -0.4 is 10.2 Å². The Balaban J connectivity index is 5.24. The molecule has 71 heavy (non-hydrogen) atoms. The maximum Gasteiger partial charge on any atom is 0.306 e. The van der Waals surface area contributed by atoms with E-state index in [9.17, 15) is 19.0 Å². The molecule has 0 aromatic heterocycles. The van der Waals surface area contributed by atoms with Gasteiger partial charge in [-0.05, 0) is 57.4 Å². The quantitative estimate of drug-likeness (QED) is 0.0212. The number of phosphoric acid groups is 1. The summed E-state index contributed by atoms with van der Waals surface area (Å²) in [4.78, 5) is 39.9. The fraction of sp³-hybridized carbons (Fsp3) is 0.902. The molecule has 1 N–H and O–H groups in total. The molecule has 9 nitrogen and oxygen atoms in total. The van der Waals surface area contributed by atoms with Gasteiger partial charge in [0.15, 0.2) is 0 Å². The highest BCUT2D eigenvalue weighted by Gasteiger charge is 2.27. The van der Waals surface area contributed by atoms with E-state index >= 15 is 0 Å². The molecule has 0 bridgehead atoms. The zero-order chi connectivity index (χ0) is 52.2. The van der Waals surface area contributed by atoms with E-state index < -0.39 is 20.0 Å². The first kappa shape index (κ1) is 69.5. The van der Waals surface area contributed by atoms with Crippen molar-refractivity contribution >= 4 is 19.7 Å². The molecule has 0 spiro atoms. The maximum absolute atomic E-state index is 13.5. The van der Waals surface area contributed by atoms with Crippen LogP contribution in [-0.4, -0.2) is 69.4 Å². The molecule has 0 rings (SSSR count). The highest BCUT2D eigenvalue weighted by Crippen LogP contribution is 2.38. The number of amides is 1. The lowest BCUT2D eigenvalue weighted by atomic mass is 10.0. The van der Waals surface area contributed by atoms with Crippen molar-refractivity contribution in [3.05, 3.63) is 24.3 Å². The minimum absolute atomic E-state index is 0.0216. The van der Waals surface area contributed by atoms with Crippen molar-refractivity contribution in [3.8, 4) is 0 Å². The number of esters is 1. The summed E-state index contributed by atoms with van der Waals surface area (Å²) in [7, 11) is 1.19. The standard InChI is InChI=1S/C61H119N2O7P/c1-7-10-13-16-19-22-25-28-30-31-32-33-34-36-39-42-45-48-51-54-61(65)70-59(52-49-46-43-40-37-27-24-21-18-15-12-9-3)58(57-69-71(66,67)68-56-55-63(4,5)6)62-60(64)53-50-47-44-41-38-35-29-26-23-20-17-14-11-8-2/h35,38,49,52,58-59H,7-34,36-37,39-48,50-51,53-57H2,1-6H3,(H-,62,64,66,67)/b38-35-,52-49+. The van der Waals surface area contributed by atoms with Crippen LogP contribution in [0, 0.1) is 0 Å². The molecule has 0 aromatic carbocycles. The van der Waals surface area contributed by atoms with E-state index in [-0.39, 0.29) is 31.5 Å². The number of quaternary nitrogens is 1. The second-order valence-corrected chi connectivity index (χ2v) is 23.6. The predicted molar refractivity (Wildman–Crippen MR) is 303 cm³/mol. The van der Waals surface area contributed by atoms with Gasteiger partial charge in [-0.3, -0.25) is 14.2 Å². The minimum atomic E-state index is -4.69. The van der Waals surface area contributed by atoms with Gasteiger partial charge in [0.2, 0.25) is 5.91 Å². The fourth-order valence-electron chi connectivity index (χ4n) is 9.11. The lowest BCUT2D eigenvalue weighted by molar-refractivity contribution is -0.870. The molecule has 420 valence electrons. The normalized spacial score (nSPS) is 13.8. The molecule has 0 saturated carbocycles. The second kappa shape index (κ2) is 52.0. The van der Waals surface area contributed by atoms with E-state index in [2.05, 4.69) is 38.2 Å². The molecule has 0 aliphatic carbocycles. The molecule has 0 fully saturated rings. The van der Waals surface area contributed by atoms with Crippen LogP contribution in [0.5, 0.6) is 0 Å². The van der Waals surface area contributed by atoms with Gasteiger partial charge in [0, 0.05) is 12.8 Å². The number of ether oxygens (including phenoxy) is 1. The van der Waals surface area contributed by atoms with Gasteiger partial charge in [0.05, 0.1) is 33.8 Å². The van der Waals surface area contributed by atoms with Gasteiger partial charge in [-0.1, -0.05) is 257 Å². The van der Waals surface area contributed by atoms with E-state index in [0.717, 1.165) is 70.6 Å². The Morgan fingerprint density at radius 2 is 0.817 bits per heavy atom. The Hall–Kier alpha value is -1.51. The number of hydrogen-bond acceptors (Lipinski definition) is 7. The largest absolute Gasteiger partial charge is 0.756 e. The third-order valence-corrected chi connectivity index (χ3v) is 14.8. The summed E-state index contributed by atoms with van der Waals surface area (Å²) in [6, 6.07) is -0.889. The number of nitrogens with one attached hydrogen (secondary N) is 1. The van der Waals surface area contributed by atoms with Crippen molar-refractivity contribution in [2.24, 2.45) is 0 Å². The van der Waals surface area contributed by atoms with E-state index in [4.69, 9.17) is 13.8 Å². The summed E-state index contributed by atoms with van der Waals surface area (Å²) >= 11 is 0. The lowest BCUT2D eigenvalue weighted by Gasteiger charge is -2.30. The van der Waals surface area contributed by atoms with E-state index in [1.165, 1.54) is 199 Å². The first-order valence-corrected chi connectivity index (χ1v) is 32.1. The Morgan fingerprint density at radius 1 is 0.479 bits per heavy atom. The lowest BCUT2D eigenvalue weighted by Crippen LogP contribution is -2.47. The number of nitrogens with zero attached hydrogens (tertiary/aromatic N) is 1. The molecule has 1 amide bonds. The fourth-order valence-corrected chi connectivity index (χ4v) is 9.83. The van der Waals surface area contributed by atoms with Gasteiger partial charge in [-0.15, -0.1) is 0 Å². The van der Waals surface area contributed by atoms with E-state index in [1.807, 2.05) is 33.3 Å². The highest BCUT2D eigenvalue weighted by atomic mass is 31.2. The number of carbonyl (C=O) groups is 2. The van der Waals surface area contributed by atoms with Crippen LogP contribution in [0.1, 0.15) is 303 Å². The van der Waals surface area contributed by atoms with Crippen LogP contribution in [0.3, 0.4) is 0 Å². The number of hydrogen-bond donors (Lipinski definition) is 1. The van der Waals surface area contributed by atoms with Crippen molar-refractivity contribution in [2.45, 2.75) is 315 Å². The van der Waals surface area contributed by atoms with Crippen molar-refractivity contribution < 1.29 is 37.3 Å². The Labute approximate surface area is 441 Å². The smallest absolute Gasteiger partial charge is 0.306 e.